The van der Waals surface area contributed by atoms with Crippen molar-refractivity contribution >= 4 is 0 Å². The molecule has 1 aliphatic rings. The molecule has 21 heavy (non-hydrogen) atoms. The fourth-order valence-corrected chi connectivity index (χ4v) is 4.00. The van der Waals surface area contributed by atoms with Gasteiger partial charge >= 0.3 is 0 Å². The molecule has 0 heterocycles. The van der Waals surface area contributed by atoms with Crippen LogP contribution in [0.4, 0.5) is 0 Å². The van der Waals surface area contributed by atoms with Crippen LogP contribution in [0.15, 0.2) is 30.3 Å². The van der Waals surface area contributed by atoms with E-state index < -0.39 is 0 Å². The van der Waals surface area contributed by atoms with E-state index in [9.17, 15) is 0 Å². The first-order chi connectivity index (χ1) is 10.2. The Hall–Kier alpha value is -0.860. The lowest BCUT2D eigenvalue weighted by molar-refractivity contribution is 0.0397. The maximum Gasteiger partial charge on any atom is 0.0334 e. The van der Waals surface area contributed by atoms with Crippen LogP contribution in [0, 0.1) is 5.92 Å². The second-order valence-electron chi connectivity index (χ2n) is 6.85. The van der Waals surface area contributed by atoms with Gasteiger partial charge in [-0.1, -0.05) is 57.0 Å². The maximum absolute atomic E-state index is 6.26. The Morgan fingerprint density at radius 1 is 1.24 bits per heavy atom. The zero-order chi connectivity index (χ0) is 15.1. The van der Waals surface area contributed by atoms with E-state index in [2.05, 4.69) is 49.1 Å². The minimum atomic E-state index is 0.252. The molecule has 2 nitrogen and oxygen atoms in total. The van der Waals surface area contributed by atoms with Crippen molar-refractivity contribution in [1.29, 1.82) is 0 Å². The van der Waals surface area contributed by atoms with Gasteiger partial charge in [-0.15, -0.1) is 0 Å². The SMILES string of the molecule is CCCN(CCc1ccccc1)C1(CN)CCCC(C)C1. The average Bonchev–Trinajstić information content (AvgIpc) is 2.52. The van der Waals surface area contributed by atoms with E-state index in [0.717, 1.165) is 25.4 Å². The van der Waals surface area contributed by atoms with E-state index in [1.54, 1.807) is 0 Å². The predicted molar refractivity (Wildman–Crippen MR) is 91.4 cm³/mol. The van der Waals surface area contributed by atoms with Crippen LogP contribution in [-0.2, 0) is 6.42 Å². The molecule has 2 rings (SSSR count). The van der Waals surface area contributed by atoms with Gasteiger partial charge in [-0.3, -0.25) is 4.90 Å². The molecule has 1 aromatic rings. The zero-order valence-corrected chi connectivity index (χ0v) is 13.9. The van der Waals surface area contributed by atoms with Crippen molar-refractivity contribution in [2.75, 3.05) is 19.6 Å². The van der Waals surface area contributed by atoms with E-state index in [1.165, 1.54) is 44.2 Å². The summed E-state index contributed by atoms with van der Waals surface area (Å²) in [6.07, 6.45) is 7.62. The van der Waals surface area contributed by atoms with Gasteiger partial charge in [-0.05, 0) is 43.7 Å². The van der Waals surface area contributed by atoms with Crippen LogP contribution >= 0.6 is 0 Å². The predicted octanol–water partition coefficient (Wildman–Crippen LogP) is 3.85. The van der Waals surface area contributed by atoms with Gasteiger partial charge in [0.2, 0.25) is 0 Å². The van der Waals surface area contributed by atoms with Crippen LogP contribution < -0.4 is 5.73 Å². The van der Waals surface area contributed by atoms with Crippen LogP contribution in [0.5, 0.6) is 0 Å². The molecule has 0 radical (unpaired) electrons. The largest absolute Gasteiger partial charge is 0.329 e. The molecule has 0 bridgehead atoms. The Morgan fingerprint density at radius 3 is 2.62 bits per heavy atom. The first-order valence-electron chi connectivity index (χ1n) is 8.69. The van der Waals surface area contributed by atoms with Gasteiger partial charge < -0.3 is 5.73 Å². The Labute approximate surface area is 130 Å². The Kier molecular flexibility index (Phi) is 6.25. The number of nitrogens with two attached hydrogens (primary N) is 1. The Bertz CT molecular complexity index is 403. The fourth-order valence-electron chi connectivity index (χ4n) is 4.00. The summed E-state index contributed by atoms with van der Waals surface area (Å²) < 4.78 is 0. The average molecular weight is 288 g/mol. The highest BCUT2D eigenvalue weighted by molar-refractivity contribution is 5.15. The topological polar surface area (TPSA) is 29.3 Å². The van der Waals surface area contributed by atoms with Gasteiger partial charge in [0.15, 0.2) is 0 Å². The number of hydrogen-bond donors (Lipinski definition) is 1. The van der Waals surface area contributed by atoms with E-state index in [0.29, 0.717) is 0 Å². The first kappa shape index (κ1) is 16.5. The first-order valence-corrected chi connectivity index (χ1v) is 8.69. The summed E-state index contributed by atoms with van der Waals surface area (Å²) >= 11 is 0. The molecular formula is C19H32N2. The smallest absolute Gasteiger partial charge is 0.0334 e. The standard InChI is InChI=1S/C19H32N2/c1-3-13-21(14-11-18-9-5-4-6-10-18)19(16-20)12-7-8-17(2)15-19/h4-6,9-10,17H,3,7-8,11-16,20H2,1-2H3. The van der Waals surface area contributed by atoms with Crippen molar-refractivity contribution < 1.29 is 0 Å². The minimum absolute atomic E-state index is 0.252. The molecule has 2 N–H and O–H groups in total. The highest BCUT2D eigenvalue weighted by atomic mass is 15.2. The van der Waals surface area contributed by atoms with E-state index in [1.807, 2.05) is 0 Å². The van der Waals surface area contributed by atoms with Gasteiger partial charge in [0.25, 0.3) is 0 Å². The van der Waals surface area contributed by atoms with Crippen LogP contribution in [0.2, 0.25) is 0 Å². The van der Waals surface area contributed by atoms with Gasteiger partial charge in [-0.2, -0.15) is 0 Å². The molecule has 0 spiro atoms. The summed E-state index contributed by atoms with van der Waals surface area (Å²) in [6, 6.07) is 10.9. The highest BCUT2D eigenvalue weighted by Gasteiger charge is 2.38. The van der Waals surface area contributed by atoms with E-state index in [-0.39, 0.29) is 5.54 Å². The van der Waals surface area contributed by atoms with Crippen LogP contribution in [0.25, 0.3) is 0 Å². The highest BCUT2D eigenvalue weighted by Crippen LogP contribution is 2.36. The third kappa shape index (κ3) is 4.31. The van der Waals surface area contributed by atoms with Gasteiger partial charge in [0.1, 0.15) is 0 Å². The molecule has 2 unspecified atom stereocenters. The summed E-state index contributed by atoms with van der Waals surface area (Å²) in [5.74, 6) is 0.818. The van der Waals surface area contributed by atoms with Gasteiger partial charge in [-0.25, -0.2) is 0 Å². The fraction of sp³-hybridized carbons (Fsp3) is 0.684. The quantitative estimate of drug-likeness (QED) is 0.826. The van der Waals surface area contributed by atoms with E-state index in [4.69, 9.17) is 5.73 Å². The molecule has 118 valence electrons. The van der Waals surface area contributed by atoms with Gasteiger partial charge in [0.05, 0.1) is 0 Å². The van der Waals surface area contributed by atoms with Crippen LogP contribution in [0.1, 0.15) is 51.5 Å². The minimum Gasteiger partial charge on any atom is -0.329 e. The molecule has 0 aromatic heterocycles. The second kappa shape index (κ2) is 7.95. The summed E-state index contributed by atoms with van der Waals surface area (Å²) in [7, 11) is 0. The number of rotatable bonds is 7. The number of benzene rings is 1. The van der Waals surface area contributed by atoms with E-state index >= 15 is 0 Å². The Morgan fingerprint density at radius 2 is 2.00 bits per heavy atom. The second-order valence-corrected chi connectivity index (χ2v) is 6.85. The lowest BCUT2D eigenvalue weighted by atomic mass is 9.75. The van der Waals surface area contributed by atoms with Crippen molar-refractivity contribution in [2.45, 2.75) is 57.9 Å². The third-order valence-corrected chi connectivity index (χ3v) is 5.13. The molecule has 1 aromatic carbocycles. The lowest BCUT2D eigenvalue weighted by Crippen LogP contribution is -2.57. The van der Waals surface area contributed by atoms with Crippen molar-refractivity contribution in [3.05, 3.63) is 35.9 Å². The summed E-state index contributed by atoms with van der Waals surface area (Å²) in [5, 5.41) is 0. The van der Waals surface area contributed by atoms with Crippen molar-refractivity contribution in [3.63, 3.8) is 0 Å². The molecule has 0 aliphatic heterocycles. The summed E-state index contributed by atoms with van der Waals surface area (Å²) in [6.45, 7) is 7.81. The van der Waals surface area contributed by atoms with Crippen molar-refractivity contribution in [3.8, 4) is 0 Å². The zero-order valence-electron chi connectivity index (χ0n) is 13.9. The molecule has 0 saturated heterocycles. The summed E-state index contributed by atoms with van der Waals surface area (Å²) in [5.41, 5.74) is 7.95. The molecule has 1 aliphatic carbocycles. The third-order valence-electron chi connectivity index (χ3n) is 5.13. The van der Waals surface area contributed by atoms with Crippen molar-refractivity contribution in [2.24, 2.45) is 11.7 Å². The maximum atomic E-state index is 6.26. The molecule has 2 atom stereocenters. The Balaban J connectivity index is 2.05. The monoisotopic (exact) mass is 288 g/mol. The van der Waals surface area contributed by atoms with Crippen LogP contribution in [0.3, 0.4) is 0 Å². The molecular weight excluding hydrogens is 256 g/mol. The molecule has 2 heteroatoms. The van der Waals surface area contributed by atoms with Gasteiger partial charge in [0, 0.05) is 18.6 Å². The number of nitrogens with zero attached hydrogens (tertiary/aromatic N) is 1. The summed E-state index contributed by atoms with van der Waals surface area (Å²) in [4.78, 5) is 2.70. The molecule has 1 fully saturated rings. The lowest BCUT2D eigenvalue weighted by Gasteiger charge is -2.48. The van der Waals surface area contributed by atoms with Crippen LogP contribution in [-0.4, -0.2) is 30.1 Å². The molecule has 1 saturated carbocycles. The molecule has 0 amide bonds. The van der Waals surface area contributed by atoms with Crippen molar-refractivity contribution in [1.82, 2.24) is 4.90 Å². The normalized spacial score (nSPS) is 26.2. The number of hydrogen-bond acceptors (Lipinski definition) is 2.